The molecule has 0 aromatic rings. The molecule has 0 aromatic carbocycles. The van der Waals surface area contributed by atoms with Crippen molar-refractivity contribution >= 4 is 5.91 Å². The summed E-state index contributed by atoms with van der Waals surface area (Å²) in [6.07, 6.45) is 6.75. The molecular formula is C16H28N2O3. The second-order valence-corrected chi connectivity index (χ2v) is 6.59. The summed E-state index contributed by atoms with van der Waals surface area (Å²) >= 11 is 0. The van der Waals surface area contributed by atoms with E-state index >= 15 is 0 Å². The van der Waals surface area contributed by atoms with Crippen molar-refractivity contribution in [2.75, 3.05) is 32.9 Å². The number of likely N-dealkylation sites (tertiary alicyclic amines) is 1. The summed E-state index contributed by atoms with van der Waals surface area (Å²) in [5, 5.41) is 3.12. The summed E-state index contributed by atoms with van der Waals surface area (Å²) in [5.74, 6) is 0.345. The first-order chi connectivity index (χ1) is 10.3. The molecule has 0 radical (unpaired) electrons. The third-order valence-electron chi connectivity index (χ3n) is 5.11. The number of carbonyl (C=O) groups is 1. The molecule has 0 spiro atoms. The van der Waals surface area contributed by atoms with Gasteiger partial charge in [0.15, 0.2) is 0 Å². The molecule has 5 nitrogen and oxygen atoms in total. The molecule has 0 bridgehead atoms. The number of carbonyl (C=O) groups excluding carboxylic acids is 1. The molecular weight excluding hydrogens is 268 g/mol. The lowest BCUT2D eigenvalue weighted by Crippen LogP contribution is -2.59. The predicted octanol–water partition coefficient (Wildman–Crippen LogP) is 1.17. The van der Waals surface area contributed by atoms with Gasteiger partial charge in [0.05, 0.1) is 25.2 Å². The monoisotopic (exact) mass is 296 g/mol. The molecule has 1 N–H and O–H groups in total. The van der Waals surface area contributed by atoms with E-state index in [-0.39, 0.29) is 24.0 Å². The number of hydrogen-bond acceptors (Lipinski definition) is 4. The van der Waals surface area contributed by atoms with Crippen molar-refractivity contribution in [1.82, 2.24) is 10.2 Å². The van der Waals surface area contributed by atoms with Gasteiger partial charge in [0, 0.05) is 25.7 Å². The lowest BCUT2D eigenvalue weighted by Gasteiger charge is -2.45. The van der Waals surface area contributed by atoms with E-state index in [2.05, 4.69) is 10.2 Å². The average Bonchev–Trinajstić information content (AvgIpc) is 2.86. The predicted molar refractivity (Wildman–Crippen MR) is 80.1 cm³/mol. The maximum atomic E-state index is 12.3. The van der Waals surface area contributed by atoms with Gasteiger partial charge in [0.1, 0.15) is 6.10 Å². The molecule has 2 heterocycles. The first-order valence-electron chi connectivity index (χ1n) is 8.51. The van der Waals surface area contributed by atoms with Crippen LogP contribution in [0, 0.1) is 5.92 Å². The van der Waals surface area contributed by atoms with Gasteiger partial charge in [-0.3, -0.25) is 9.69 Å². The average molecular weight is 296 g/mol. The van der Waals surface area contributed by atoms with Crippen molar-refractivity contribution in [2.45, 2.75) is 57.2 Å². The van der Waals surface area contributed by atoms with E-state index in [9.17, 15) is 4.79 Å². The van der Waals surface area contributed by atoms with Gasteiger partial charge in [0.25, 0.3) is 0 Å². The first-order valence-corrected chi connectivity index (χ1v) is 8.51. The Morgan fingerprint density at radius 3 is 2.71 bits per heavy atom. The highest BCUT2D eigenvalue weighted by Crippen LogP contribution is 2.28. The van der Waals surface area contributed by atoms with E-state index in [0.29, 0.717) is 19.8 Å². The third-order valence-corrected chi connectivity index (χ3v) is 5.11. The zero-order valence-corrected chi connectivity index (χ0v) is 13.1. The highest BCUT2D eigenvalue weighted by Gasteiger charge is 2.39. The number of nitrogens with one attached hydrogen (secondary N) is 1. The molecule has 2 saturated heterocycles. The molecule has 0 unspecified atom stereocenters. The fourth-order valence-electron chi connectivity index (χ4n) is 3.77. The molecule has 3 rings (SSSR count). The fourth-order valence-corrected chi connectivity index (χ4v) is 3.77. The van der Waals surface area contributed by atoms with Crippen LogP contribution in [-0.4, -0.2) is 61.9 Å². The maximum absolute atomic E-state index is 12.3. The lowest BCUT2D eigenvalue weighted by molar-refractivity contribution is -0.133. The number of nitrogens with zero attached hydrogens (tertiary/aromatic N) is 1. The Morgan fingerprint density at radius 1 is 1.24 bits per heavy atom. The van der Waals surface area contributed by atoms with Crippen molar-refractivity contribution in [3.05, 3.63) is 0 Å². The van der Waals surface area contributed by atoms with Crippen LogP contribution >= 0.6 is 0 Å². The van der Waals surface area contributed by atoms with Gasteiger partial charge in [-0.15, -0.1) is 0 Å². The Labute approximate surface area is 127 Å². The quantitative estimate of drug-likeness (QED) is 0.827. The summed E-state index contributed by atoms with van der Waals surface area (Å²) in [6.45, 7) is 5.68. The second kappa shape index (κ2) is 7.07. The minimum atomic E-state index is 0.0217. The molecule has 1 amide bonds. The van der Waals surface area contributed by atoms with E-state index in [1.54, 1.807) is 0 Å². The molecule has 3 aliphatic rings. The van der Waals surface area contributed by atoms with Crippen LogP contribution in [-0.2, 0) is 14.3 Å². The van der Waals surface area contributed by atoms with E-state index in [0.717, 1.165) is 19.1 Å². The van der Waals surface area contributed by atoms with Crippen molar-refractivity contribution in [1.29, 1.82) is 0 Å². The van der Waals surface area contributed by atoms with Gasteiger partial charge in [0.2, 0.25) is 5.91 Å². The second-order valence-electron chi connectivity index (χ2n) is 6.59. The van der Waals surface area contributed by atoms with E-state index in [1.165, 1.54) is 32.1 Å². The Kier molecular flexibility index (Phi) is 5.14. The highest BCUT2D eigenvalue weighted by atomic mass is 16.5. The van der Waals surface area contributed by atoms with Crippen LogP contribution < -0.4 is 5.32 Å². The summed E-state index contributed by atoms with van der Waals surface area (Å²) < 4.78 is 11.0. The molecule has 120 valence electrons. The van der Waals surface area contributed by atoms with E-state index < -0.39 is 0 Å². The van der Waals surface area contributed by atoms with Gasteiger partial charge in [-0.1, -0.05) is 19.3 Å². The van der Waals surface area contributed by atoms with Crippen molar-refractivity contribution in [2.24, 2.45) is 5.92 Å². The minimum Gasteiger partial charge on any atom is -0.376 e. The number of rotatable bonds is 5. The van der Waals surface area contributed by atoms with Crippen LogP contribution in [0.25, 0.3) is 0 Å². The van der Waals surface area contributed by atoms with Gasteiger partial charge < -0.3 is 14.8 Å². The van der Waals surface area contributed by atoms with E-state index in [4.69, 9.17) is 9.47 Å². The SMILES string of the molecule is CCO[C@@H]1COC[C@H]1NC(=O)C1CN(C2CCCCC2)C1. The molecule has 1 aliphatic carbocycles. The van der Waals surface area contributed by atoms with Gasteiger partial charge in [-0.05, 0) is 19.8 Å². The van der Waals surface area contributed by atoms with E-state index in [1.807, 2.05) is 6.92 Å². The zero-order valence-electron chi connectivity index (χ0n) is 13.1. The zero-order chi connectivity index (χ0) is 14.7. The van der Waals surface area contributed by atoms with Crippen LogP contribution in [0.2, 0.25) is 0 Å². The summed E-state index contributed by atoms with van der Waals surface area (Å²) in [6, 6.07) is 0.759. The highest BCUT2D eigenvalue weighted by molar-refractivity contribution is 5.80. The summed E-state index contributed by atoms with van der Waals surface area (Å²) in [4.78, 5) is 14.8. The standard InChI is InChI=1S/C16H28N2O3/c1-2-21-15-11-20-10-14(15)17-16(19)12-8-18(9-12)13-6-4-3-5-7-13/h12-15H,2-11H2,1H3,(H,17,19)/t14-,15-/m1/s1. The molecule has 3 fully saturated rings. The van der Waals surface area contributed by atoms with Crippen LogP contribution in [0.4, 0.5) is 0 Å². The Morgan fingerprint density at radius 2 is 2.00 bits per heavy atom. The van der Waals surface area contributed by atoms with Crippen molar-refractivity contribution in [3.8, 4) is 0 Å². The van der Waals surface area contributed by atoms with Crippen LogP contribution in [0.15, 0.2) is 0 Å². The third kappa shape index (κ3) is 3.58. The van der Waals surface area contributed by atoms with Gasteiger partial charge >= 0.3 is 0 Å². The number of hydrogen-bond donors (Lipinski definition) is 1. The lowest BCUT2D eigenvalue weighted by atomic mass is 9.88. The normalized spacial score (nSPS) is 32.0. The molecule has 5 heteroatoms. The van der Waals surface area contributed by atoms with Crippen LogP contribution in [0.3, 0.4) is 0 Å². The van der Waals surface area contributed by atoms with Gasteiger partial charge in [-0.25, -0.2) is 0 Å². The molecule has 0 aromatic heterocycles. The number of ether oxygens (including phenoxy) is 2. The molecule has 1 saturated carbocycles. The van der Waals surface area contributed by atoms with Crippen molar-refractivity contribution < 1.29 is 14.3 Å². The first kappa shape index (κ1) is 15.3. The fraction of sp³-hybridized carbons (Fsp3) is 0.938. The van der Waals surface area contributed by atoms with Crippen LogP contribution in [0.1, 0.15) is 39.0 Å². The summed E-state index contributed by atoms with van der Waals surface area (Å²) in [5.41, 5.74) is 0. The Balaban J connectivity index is 1.41. The Hall–Kier alpha value is -0.650. The van der Waals surface area contributed by atoms with Crippen LogP contribution in [0.5, 0.6) is 0 Å². The Bertz CT molecular complexity index is 351. The molecule has 21 heavy (non-hydrogen) atoms. The largest absolute Gasteiger partial charge is 0.376 e. The topological polar surface area (TPSA) is 50.8 Å². The molecule has 2 atom stereocenters. The van der Waals surface area contributed by atoms with Gasteiger partial charge in [-0.2, -0.15) is 0 Å². The minimum absolute atomic E-state index is 0.0217. The number of amides is 1. The molecule has 2 aliphatic heterocycles. The summed E-state index contributed by atoms with van der Waals surface area (Å²) in [7, 11) is 0. The van der Waals surface area contributed by atoms with Crippen molar-refractivity contribution in [3.63, 3.8) is 0 Å². The smallest absolute Gasteiger partial charge is 0.226 e. The maximum Gasteiger partial charge on any atom is 0.226 e.